The predicted octanol–water partition coefficient (Wildman–Crippen LogP) is 3.95. The first kappa shape index (κ1) is 12.7. The molecule has 0 unspecified atom stereocenters. The molecule has 1 aromatic carbocycles. The van der Waals surface area contributed by atoms with Crippen LogP contribution in [0.3, 0.4) is 0 Å². The third-order valence-corrected chi connectivity index (χ3v) is 3.60. The lowest BCUT2D eigenvalue weighted by molar-refractivity contribution is 0.837. The lowest BCUT2D eigenvalue weighted by Gasteiger charge is -2.08. The fraction of sp³-hybridized carbons (Fsp3) is 0.429. The van der Waals surface area contributed by atoms with Crippen LogP contribution in [0.2, 0.25) is 0 Å². The molecule has 0 radical (unpaired) electrons. The Morgan fingerprint density at radius 2 is 2.12 bits per heavy atom. The van der Waals surface area contributed by atoms with E-state index in [1.807, 2.05) is 0 Å². The molecule has 0 saturated carbocycles. The molecule has 0 bridgehead atoms. The molecule has 0 aliphatic rings. The maximum Gasteiger partial charge on any atom is 0.0492 e. The van der Waals surface area contributed by atoms with Crippen LogP contribution in [-0.4, -0.2) is 11.5 Å². The van der Waals surface area contributed by atoms with E-state index in [1.54, 1.807) is 0 Å². The Hall–Kier alpha value is -0.800. The van der Waals surface area contributed by atoms with Crippen LogP contribution in [0.1, 0.15) is 37.3 Å². The second-order valence-corrected chi connectivity index (χ2v) is 5.69. The average Bonchev–Trinajstić information content (AvgIpc) is 2.68. The maximum absolute atomic E-state index is 5.58. The summed E-state index contributed by atoms with van der Waals surface area (Å²) < 4.78 is 1.15. The molecule has 0 amide bonds. The number of nitrogens with two attached hydrogens (primary N) is 1. The highest BCUT2D eigenvalue weighted by molar-refractivity contribution is 9.10. The van der Waals surface area contributed by atoms with E-state index in [1.165, 1.54) is 22.0 Å². The first-order valence-electron chi connectivity index (χ1n) is 6.13. The van der Waals surface area contributed by atoms with Gasteiger partial charge in [-0.3, -0.25) is 0 Å². The third-order valence-electron chi connectivity index (χ3n) is 3.14. The van der Waals surface area contributed by atoms with Crippen molar-refractivity contribution in [1.29, 1.82) is 0 Å². The molecule has 17 heavy (non-hydrogen) atoms. The number of halogens is 1. The van der Waals surface area contributed by atoms with Gasteiger partial charge in [0.1, 0.15) is 0 Å². The zero-order valence-corrected chi connectivity index (χ0v) is 12.0. The number of hydrogen-bond donors (Lipinski definition) is 2. The Balaban J connectivity index is 2.53. The zero-order valence-electron chi connectivity index (χ0n) is 10.4. The number of rotatable bonds is 4. The summed E-state index contributed by atoms with van der Waals surface area (Å²) in [5, 5.41) is 1.33. The van der Waals surface area contributed by atoms with Crippen LogP contribution in [0.25, 0.3) is 10.9 Å². The maximum atomic E-state index is 5.58. The average molecular weight is 295 g/mol. The fourth-order valence-electron chi connectivity index (χ4n) is 2.23. The molecule has 0 saturated heterocycles. The summed E-state index contributed by atoms with van der Waals surface area (Å²) in [7, 11) is 0. The van der Waals surface area contributed by atoms with Crippen molar-refractivity contribution in [3.05, 3.63) is 33.9 Å². The number of nitrogens with one attached hydrogen (secondary N) is 1. The van der Waals surface area contributed by atoms with E-state index >= 15 is 0 Å². The van der Waals surface area contributed by atoms with Crippen LogP contribution < -0.4 is 5.73 Å². The molecule has 3 N–H and O–H groups in total. The topological polar surface area (TPSA) is 41.8 Å². The van der Waals surface area contributed by atoms with Crippen molar-refractivity contribution in [2.75, 3.05) is 6.54 Å². The van der Waals surface area contributed by atoms with Crippen LogP contribution in [0.15, 0.2) is 22.8 Å². The van der Waals surface area contributed by atoms with Gasteiger partial charge in [-0.2, -0.15) is 0 Å². The van der Waals surface area contributed by atoms with E-state index in [0.717, 1.165) is 23.9 Å². The van der Waals surface area contributed by atoms with Gasteiger partial charge in [-0.1, -0.05) is 29.8 Å². The van der Waals surface area contributed by atoms with Crippen molar-refractivity contribution in [2.24, 2.45) is 5.73 Å². The van der Waals surface area contributed by atoms with Gasteiger partial charge in [0, 0.05) is 21.6 Å². The largest absolute Gasteiger partial charge is 0.361 e. The minimum Gasteiger partial charge on any atom is -0.361 e. The van der Waals surface area contributed by atoms with Gasteiger partial charge in [0.15, 0.2) is 0 Å². The van der Waals surface area contributed by atoms with Crippen molar-refractivity contribution in [3.8, 4) is 0 Å². The Kier molecular flexibility index (Phi) is 3.89. The smallest absolute Gasteiger partial charge is 0.0492 e. The van der Waals surface area contributed by atoms with Crippen molar-refractivity contribution < 1.29 is 0 Å². The summed E-state index contributed by atoms with van der Waals surface area (Å²) in [5.41, 5.74) is 9.59. The van der Waals surface area contributed by atoms with Gasteiger partial charge in [-0.15, -0.1) is 0 Å². The van der Waals surface area contributed by atoms with E-state index in [4.69, 9.17) is 5.73 Å². The summed E-state index contributed by atoms with van der Waals surface area (Å²) in [6.45, 7) is 5.20. The van der Waals surface area contributed by atoms with Crippen LogP contribution in [-0.2, 0) is 6.42 Å². The third kappa shape index (κ3) is 2.55. The lowest BCUT2D eigenvalue weighted by atomic mass is 9.99. The number of benzene rings is 1. The number of H-pyrrole nitrogens is 1. The molecule has 0 aliphatic carbocycles. The highest BCUT2D eigenvalue weighted by Crippen LogP contribution is 2.31. The quantitative estimate of drug-likeness (QED) is 0.881. The van der Waals surface area contributed by atoms with Crippen molar-refractivity contribution >= 4 is 26.8 Å². The Labute approximate surface area is 111 Å². The van der Waals surface area contributed by atoms with Crippen molar-refractivity contribution in [1.82, 2.24) is 4.98 Å². The molecule has 0 fully saturated rings. The van der Waals surface area contributed by atoms with Crippen molar-refractivity contribution in [3.63, 3.8) is 0 Å². The second kappa shape index (κ2) is 5.23. The minimum absolute atomic E-state index is 0.524. The molecule has 0 aliphatic heterocycles. The van der Waals surface area contributed by atoms with Gasteiger partial charge in [-0.25, -0.2) is 0 Å². The number of aromatic nitrogens is 1. The van der Waals surface area contributed by atoms with Gasteiger partial charge in [-0.05, 0) is 48.6 Å². The second-order valence-electron chi connectivity index (χ2n) is 4.78. The molecule has 92 valence electrons. The Morgan fingerprint density at radius 1 is 1.35 bits per heavy atom. The van der Waals surface area contributed by atoms with E-state index in [2.05, 4.69) is 53.1 Å². The van der Waals surface area contributed by atoms with Crippen LogP contribution in [0.4, 0.5) is 0 Å². The van der Waals surface area contributed by atoms with Gasteiger partial charge in [0.2, 0.25) is 0 Å². The SMILES string of the molecule is CC(C)c1cc(Br)cc2c(CCCN)c[nH]c12. The van der Waals surface area contributed by atoms with Crippen LogP contribution >= 0.6 is 15.9 Å². The van der Waals surface area contributed by atoms with Gasteiger partial charge < -0.3 is 10.7 Å². The molecule has 2 rings (SSSR count). The number of aryl methyl sites for hydroxylation is 1. The summed E-state index contributed by atoms with van der Waals surface area (Å²) in [6.07, 6.45) is 4.21. The van der Waals surface area contributed by atoms with E-state index in [0.29, 0.717) is 5.92 Å². The highest BCUT2D eigenvalue weighted by atomic mass is 79.9. The van der Waals surface area contributed by atoms with Crippen LogP contribution in [0.5, 0.6) is 0 Å². The normalized spacial score (nSPS) is 11.6. The van der Waals surface area contributed by atoms with E-state index in [9.17, 15) is 0 Å². The summed E-state index contributed by atoms with van der Waals surface area (Å²) in [4.78, 5) is 3.41. The molecular weight excluding hydrogens is 276 g/mol. The molecule has 1 heterocycles. The first-order chi connectivity index (χ1) is 8.13. The van der Waals surface area contributed by atoms with E-state index in [-0.39, 0.29) is 0 Å². The van der Waals surface area contributed by atoms with Gasteiger partial charge in [0.05, 0.1) is 0 Å². The summed E-state index contributed by atoms with van der Waals surface area (Å²) in [6, 6.07) is 4.40. The van der Waals surface area contributed by atoms with Crippen LogP contribution in [0, 0.1) is 0 Å². The molecule has 0 atom stereocenters. The minimum atomic E-state index is 0.524. The molecular formula is C14H19BrN2. The highest BCUT2D eigenvalue weighted by Gasteiger charge is 2.11. The Bertz CT molecular complexity index is 514. The fourth-order valence-corrected chi connectivity index (χ4v) is 2.71. The number of aromatic amines is 1. The molecule has 0 spiro atoms. The predicted molar refractivity (Wildman–Crippen MR) is 77.5 cm³/mol. The number of hydrogen-bond acceptors (Lipinski definition) is 1. The summed E-state index contributed by atoms with van der Waals surface area (Å²) >= 11 is 3.60. The summed E-state index contributed by atoms with van der Waals surface area (Å²) in [5.74, 6) is 0.524. The van der Waals surface area contributed by atoms with Gasteiger partial charge >= 0.3 is 0 Å². The lowest BCUT2D eigenvalue weighted by Crippen LogP contribution is -1.99. The standard InChI is InChI=1S/C14H19BrN2/c1-9(2)12-6-11(15)7-13-10(4-3-5-16)8-17-14(12)13/h6-9,17H,3-5,16H2,1-2H3. The molecule has 2 nitrogen and oxygen atoms in total. The molecule has 1 aromatic heterocycles. The molecule has 2 aromatic rings. The monoisotopic (exact) mass is 294 g/mol. The first-order valence-corrected chi connectivity index (χ1v) is 6.92. The van der Waals surface area contributed by atoms with Gasteiger partial charge in [0.25, 0.3) is 0 Å². The van der Waals surface area contributed by atoms with Crippen molar-refractivity contribution in [2.45, 2.75) is 32.6 Å². The zero-order chi connectivity index (χ0) is 12.4. The number of fused-ring (bicyclic) bond motifs is 1. The molecule has 3 heteroatoms. The van der Waals surface area contributed by atoms with E-state index < -0.39 is 0 Å². The Morgan fingerprint density at radius 3 is 2.76 bits per heavy atom.